The van der Waals surface area contributed by atoms with Gasteiger partial charge in [-0.25, -0.2) is 0 Å². The van der Waals surface area contributed by atoms with Gasteiger partial charge in [-0.05, 0) is 61.4 Å². The van der Waals surface area contributed by atoms with Gasteiger partial charge in [0, 0.05) is 30.1 Å². The van der Waals surface area contributed by atoms with E-state index >= 15 is 0 Å². The molecule has 0 aromatic heterocycles. The maximum atomic E-state index is 12.2. The van der Waals surface area contributed by atoms with Crippen LogP contribution in [0.4, 0.5) is 17.1 Å². The molecule has 0 heterocycles. The number of hydrogen-bond acceptors (Lipinski definition) is 5. The lowest BCUT2D eigenvalue weighted by Crippen LogP contribution is -2.21. The minimum absolute atomic E-state index is 0.00389. The molecule has 30 heavy (non-hydrogen) atoms. The molecule has 0 spiro atoms. The normalized spacial score (nSPS) is 10.5. The Kier molecular flexibility index (Phi) is 9.67. The van der Waals surface area contributed by atoms with Gasteiger partial charge >= 0.3 is 0 Å². The number of benzene rings is 2. The molecule has 0 saturated carbocycles. The zero-order valence-corrected chi connectivity index (χ0v) is 17.9. The fraction of sp³-hybridized carbons (Fsp3) is 0.391. The summed E-state index contributed by atoms with van der Waals surface area (Å²) >= 11 is 0. The topological polar surface area (TPSA) is 88.7 Å². The molecule has 7 nitrogen and oxygen atoms in total. The van der Waals surface area contributed by atoms with Crippen LogP contribution in [0.5, 0.6) is 5.75 Å². The van der Waals surface area contributed by atoms with E-state index in [0.29, 0.717) is 37.8 Å². The van der Waals surface area contributed by atoms with Crippen LogP contribution < -0.4 is 20.7 Å². The molecule has 2 aromatic rings. The summed E-state index contributed by atoms with van der Waals surface area (Å²) in [6.07, 6.45) is 0.487. The van der Waals surface area contributed by atoms with Gasteiger partial charge in [-0.15, -0.1) is 0 Å². The van der Waals surface area contributed by atoms with Crippen LogP contribution in [0.25, 0.3) is 0 Å². The second-order valence-electron chi connectivity index (χ2n) is 7.19. The van der Waals surface area contributed by atoms with Gasteiger partial charge in [-0.2, -0.15) is 0 Å². The molecular formula is C23H31N3O4. The number of anilines is 3. The van der Waals surface area contributed by atoms with Crippen molar-refractivity contribution in [2.24, 2.45) is 5.92 Å². The van der Waals surface area contributed by atoms with E-state index in [2.05, 4.69) is 16.0 Å². The van der Waals surface area contributed by atoms with Gasteiger partial charge in [-0.3, -0.25) is 9.59 Å². The van der Waals surface area contributed by atoms with Crippen LogP contribution in [0.3, 0.4) is 0 Å². The SMILES string of the molecule is CCOCCOc1ccc(NC(=O)CNc2ccc(NC(=O)CC(C)C)cc2)cc1. The summed E-state index contributed by atoms with van der Waals surface area (Å²) in [6.45, 7) is 7.78. The quantitative estimate of drug-likeness (QED) is 0.455. The largest absolute Gasteiger partial charge is 0.491 e. The van der Waals surface area contributed by atoms with Crippen LogP contribution in [0, 0.1) is 5.92 Å². The van der Waals surface area contributed by atoms with Crippen LogP contribution in [0.15, 0.2) is 48.5 Å². The molecular weight excluding hydrogens is 382 g/mol. The Morgan fingerprint density at radius 1 is 0.833 bits per heavy atom. The van der Waals surface area contributed by atoms with E-state index < -0.39 is 0 Å². The van der Waals surface area contributed by atoms with Crippen molar-refractivity contribution in [3.8, 4) is 5.75 Å². The number of amides is 2. The summed E-state index contributed by atoms with van der Waals surface area (Å²) in [5, 5.41) is 8.76. The lowest BCUT2D eigenvalue weighted by atomic mass is 10.1. The molecule has 0 bridgehead atoms. The Labute approximate surface area is 178 Å². The molecule has 0 aliphatic rings. The van der Waals surface area contributed by atoms with Crippen LogP contribution in [-0.2, 0) is 14.3 Å². The Morgan fingerprint density at radius 2 is 1.40 bits per heavy atom. The average Bonchev–Trinajstić information content (AvgIpc) is 2.71. The van der Waals surface area contributed by atoms with E-state index in [1.807, 2.05) is 45.0 Å². The Balaban J connectivity index is 1.73. The first-order valence-corrected chi connectivity index (χ1v) is 10.2. The monoisotopic (exact) mass is 413 g/mol. The number of ether oxygens (including phenoxy) is 2. The Morgan fingerprint density at radius 3 is 2.00 bits per heavy atom. The van der Waals surface area contributed by atoms with Crippen LogP contribution in [0.2, 0.25) is 0 Å². The maximum absolute atomic E-state index is 12.2. The number of carbonyl (C=O) groups excluding carboxylic acids is 2. The fourth-order valence-corrected chi connectivity index (χ4v) is 2.64. The number of carbonyl (C=O) groups is 2. The third-order valence-corrected chi connectivity index (χ3v) is 4.05. The number of nitrogens with one attached hydrogen (secondary N) is 3. The van der Waals surface area contributed by atoms with Gasteiger partial charge < -0.3 is 25.4 Å². The molecule has 2 aromatic carbocycles. The van der Waals surface area contributed by atoms with E-state index in [-0.39, 0.29) is 18.4 Å². The molecule has 7 heteroatoms. The predicted molar refractivity (Wildman–Crippen MR) is 120 cm³/mol. The third-order valence-electron chi connectivity index (χ3n) is 4.05. The summed E-state index contributed by atoms with van der Waals surface area (Å²) in [5.74, 6) is 0.880. The lowest BCUT2D eigenvalue weighted by molar-refractivity contribution is -0.117. The smallest absolute Gasteiger partial charge is 0.243 e. The molecule has 3 N–H and O–H groups in total. The van der Waals surface area contributed by atoms with Crippen LogP contribution in [-0.4, -0.2) is 38.2 Å². The van der Waals surface area contributed by atoms with Crippen LogP contribution >= 0.6 is 0 Å². The van der Waals surface area contributed by atoms with E-state index in [1.165, 1.54) is 0 Å². The first-order valence-electron chi connectivity index (χ1n) is 10.2. The Hall–Kier alpha value is -3.06. The summed E-state index contributed by atoms with van der Waals surface area (Å²) < 4.78 is 10.8. The molecule has 2 amide bonds. The second-order valence-corrected chi connectivity index (χ2v) is 7.19. The number of rotatable bonds is 12. The van der Waals surface area contributed by atoms with Gasteiger partial charge in [0.2, 0.25) is 11.8 Å². The molecule has 0 unspecified atom stereocenters. The van der Waals surface area contributed by atoms with Crippen molar-refractivity contribution < 1.29 is 19.1 Å². The van der Waals surface area contributed by atoms with Crippen molar-refractivity contribution in [3.05, 3.63) is 48.5 Å². The summed E-state index contributed by atoms with van der Waals surface area (Å²) in [4.78, 5) is 24.0. The van der Waals surface area contributed by atoms with Gasteiger partial charge in [0.25, 0.3) is 0 Å². The van der Waals surface area contributed by atoms with Gasteiger partial charge in [-0.1, -0.05) is 13.8 Å². The van der Waals surface area contributed by atoms with Crippen molar-refractivity contribution in [2.75, 3.05) is 42.3 Å². The van der Waals surface area contributed by atoms with E-state index in [4.69, 9.17) is 9.47 Å². The molecule has 0 radical (unpaired) electrons. The predicted octanol–water partition coefficient (Wildman–Crippen LogP) is 4.14. The minimum Gasteiger partial charge on any atom is -0.491 e. The van der Waals surface area contributed by atoms with E-state index in [9.17, 15) is 9.59 Å². The third kappa shape index (κ3) is 8.96. The average molecular weight is 414 g/mol. The Bertz CT molecular complexity index is 789. The van der Waals surface area contributed by atoms with Crippen molar-refractivity contribution in [3.63, 3.8) is 0 Å². The highest BCUT2D eigenvalue weighted by Gasteiger charge is 2.06. The molecule has 162 valence electrons. The van der Waals surface area contributed by atoms with E-state index in [0.717, 1.165) is 17.1 Å². The van der Waals surface area contributed by atoms with Crippen molar-refractivity contribution in [1.82, 2.24) is 0 Å². The standard InChI is InChI=1S/C23H31N3O4/c1-4-29-13-14-30-21-11-9-20(10-12-21)26-23(28)16-24-18-5-7-19(8-6-18)25-22(27)15-17(2)3/h5-12,17,24H,4,13-16H2,1-3H3,(H,25,27)(H,26,28). The molecule has 2 rings (SSSR count). The zero-order valence-electron chi connectivity index (χ0n) is 17.9. The molecule has 0 aliphatic carbocycles. The van der Waals surface area contributed by atoms with Crippen molar-refractivity contribution in [2.45, 2.75) is 27.2 Å². The highest BCUT2D eigenvalue weighted by Crippen LogP contribution is 2.16. The maximum Gasteiger partial charge on any atom is 0.243 e. The number of hydrogen-bond donors (Lipinski definition) is 3. The van der Waals surface area contributed by atoms with Gasteiger partial charge in [0.1, 0.15) is 12.4 Å². The van der Waals surface area contributed by atoms with Crippen molar-refractivity contribution in [1.29, 1.82) is 0 Å². The second kappa shape index (κ2) is 12.5. The first kappa shape index (κ1) is 23.2. The summed E-state index contributed by atoms with van der Waals surface area (Å²) in [7, 11) is 0. The molecule has 0 fully saturated rings. The van der Waals surface area contributed by atoms with Crippen molar-refractivity contribution >= 4 is 28.9 Å². The highest BCUT2D eigenvalue weighted by atomic mass is 16.5. The fourth-order valence-electron chi connectivity index (χ4n) is 2.64. The molecule has 0 atom stereocenters. The van der Waals surface area contributed by atoms with Gasteiger partial charge in [0.05, 0.1) is 13.2 Å². The summed E-state index contributed by atoms with van der Waals surface area (Å²) in [6, 6.07) is 14.5. The van der Waals surface area contributed by atoms with Crippen LogP contribution in [0.1, 0.15) is 27.2 Å². The lowest BCUT2D eigenvalue weighted by Gasteiger charge is -2.11. The molecule has 0 saturated heterocycles. The van der Waals surface area contributed by atoms with E-state index in [1.54, 1.807) is 24.3 Å². The van der Waals surface area contributed by atoms with Gasteiger partial charge in [0.15, 0.2) is 0 Å². The highest BCUT2D eigenvalue weighted by molar-refractivity contribution is 5.94. The minimum atomic E-state index is -0.158. The first-order chi connectivity index (χ1) is 14.5. The molecule has 0 aliphatic heterocycles. The zero-order chi connectivity index (χ0) is 21.8. The summed E-state index contributed by atoms with van der Waals surface area (Å²) in [5.41, 5.74) is 2.23.